The molecule has 1 aliphatic heterocycles. The van der Waals surface area contributed by atoms with Crippen molar-refractivity contribution in [3.8, 4) is 11.5 Å². The number of anilines is 1. The largest absolute Gasteiger partial charge is 0.486 e. The zero-order chi connectivity index (χ0) is 23.3. The normalized spacial score (nSPS) is 16.0. The van der Waals surface area contributed by atoms with Gasteiger partial charge in [-0.15, -0.1) is 0 Å². The molecule has 10 heteroatoms. The Morgan fingerprint density at radius 2 is 1.64 bits per heavy atom. The third-order valence-electron chi connectivity index (χ3n) is 5.52. The Bertz CT molecular complexity index is 1130. The van der Waals surface area contributed by atoms with Crippen molar-refractivity contribution in [2.45, 2.75) is 43.4 Å². The van der Waals surface area contributed by atoms with E-state index in [4.69, 9.17) is 9.47 Å². The quantitative estimate of drug-likeness (QED) is 0.508. The molecule has 1 saturated carbocycles. The van der Waals surface area contributed by atoms with Crippen LogP contribution in [0.4, 0.5) is 10.1 Å². The van der Waals surface area contributed by atoms with E-state index in [1.807, 2.05) is 0 Å². The summed E-state index contributed by atoms with van der Waals surface area (Å²) < 4.78 is 52.4. The molecule has 2 aliphatic rings. The minimum absolute atomic E-state index is 0.0704. The molecule has 0 saturated heterocycles. The molecule has 2 aromatic rings. The molecule has 1 N–H and O–H groups in total. The smallest absolute Gasteiger partial charge is 0.264 e. The first kappa shape index (κ1) is 23.0. The zero-order valence-corrected chi connectivity index (χ0v) is 18.9. The number of nitrogens with one attached hydrogen (secondary N) is 1. The van der Waals surface area contributed by atoms with E-state index >= 15 is 0 Å². The Kier molecular flexibility index (Phi) is 7.12. The van der Waals surface area contributed by atoms with Gasteiger partial charge in [0.1, 0.15) is 25.6 Å². The average molecular weight is 476 g/mol. The standard InChI is InChI=1S/C23H26FN3O5S/c24-17-7-9-19(10-8-17)27(16-23(28)26-25-18-5-3-1-2-4-6-18)33(29,30)20-11-12-21-22(15-20)32-14-13-31-21/h7-12,15H,1-6,13-14,16H2,(H,26,28). The molecule has 1 aliphatic carbocycles. The summed E-state index contributed by atoms with van der Waals surface area (Å²) in [6.45, 7) is 0.170. The van der Waals surface area contributed by atoms with Gasteiger partial charge in [0, 0.05) is 11.8 Å². The Hall–Kier alpha value is -3.14. The van der Waals surface area contributed by atoms with E-state index in [-0.39, 0.29) is 10.6 Å². The molecule has 1 fully saturated rings. The van der Waals surface area contributed by atoms with Crippen molar-refractivity contribution >= 4 is 27.3 Å². The fourth-order valence-electron chi connectivity index (χ4n) is 3.79. The molecule has 0 aromatic heterocycles. The van der Waals surface area contributed by atoms with E-state index < -0.39 is 28.3 Å². The Balaban J connectivity index is 1.60. The summed E-state index contributed by atoms with van der Waals surface area (Å²) in [6.07, 6.45) is 5.96. The molecule has 0 atom stereocenters. The van der Waals surface area contributed by atoms with Crippen LogP contribution in [0.15, 0.2) is 52.5 Å². The van der Waals surface area contributed by atoms with Gasteiger partial charge in [0.05, 0.1) is 10.6 Å². The predicted octanol–water partition coefficient (Wildman–Crippen LogP) is 3.62. The van der Waals surface area contributed by atoms with Crippen molar-refractivity contribution in [2.75, 3.05) is 24.1 Å². The minimum atomic E-state index is -4.18. The highest BCUT2D eigenvalue weighted by Crippen LogP contribution is 2.34. The molecule has 0 bridgehead atoms. The van der Waals surface area contributed by atoms with E-state index in [9.17, 15) is 17.6 Å². The van der Waals surface area contributed by atoms with Crippen molar-refractivity contribution in [1.29, 1.82) is 0 Å². The second-order valence-corrected chi connectivity index (χ2v) is 9.78. The molecular weight excluding hydrogens is 449 g/mol. The summed E-state index contributed by atoms with van der Waals surface area (Å²) in [5.74, 6) is -0.340. The number of hydrogen-bond donors (Lipinski definition) is 1. The summed E-state index contributed by atoms with van der Waals surface area (Å²) >= 11 is 0. The van der Waals surface area contributed by atoms with E-state index in [1.165, 1.54) is 30.3 Å². The number of hydrazone groups is 1. The van der Waals surface area contributed by atoms with Crippen molar-refractivity contribution < 1.29 is 27.1 Å². The van der Waals surface area contributed by atoms with Crippen LogP contribution >= 0.6 is 0 Å². The second kappa shape index (κ2) is 10.2. The summed E-state index contributed by atoms with van der Waals surface area (Å²) in [7, 11) is -4.18. The monoisotopic (exact) mass is 475 g/mol. The highest BCUT2D eigenvalue weighted by Gasteiger charge is 2.29. The molecule has 1 heterocycles. The predicted molar refractivity (Wildman–Crippen MR) is 122 cm³/mol. The lowest BCUT2D eigenvalue weighted by Crippen LogP contribution is -2.39. The van der Waals surface area contributed by atoms with Gasteiger partial charge in [0.2, 0.25) is 0 Å². The maximum Gasteiger partial charge on any atom is 0.264 e. The van der Waals surface area contributed by atoms with E-state index in [0.717, 1.165) is 60.7 Å². The van der Waals surface area contributed by atoms with Gasteiger partial charge < -0.3 is 9.47 Å². The molecule has 1 amide bonds. The third-order valence-corrected chi connectivity index (χ3v) is 7.29. The molecule has 0 radical (unpaired) electrons. The van der Waals surface area contributed by atoms with Gasteiger partial charge in [-0.1, -0.05) is 12.8 Å². The third kappa shape index (κ3) is 5.62. The maximum atomic E-state index is 13.5. The summed E-state index contributed by atoms with van der Waals surface area (Å²) in [5.41, 5.74) is 3.55. The SMILES string of the molecule is O=C(CN(c1ccc(F)cc1)S(=O)(=O)c1ccc2c(c1)OCCO2)NN=C1CCCCCC1. The Morgan fingerprint density at radius 1 is 0.970 bits per heavy atom. The molecule has 0 spiro atoms. The van der Waals surface area contributed by atoms with E-state index in [2.05, 4.69) is 10.5 Å². The average Bonchev–Trinajstić information content (AvgIpc) is 3.10. The number of sulfonamides is 1. The van der Waals surface area contributed by atoms with Gasteiger partial charge in [0.15, 0.2) is 11.5 Å². The van der Waals surface area contributed by atoms with Crippen LogP contribution < -0.4 is 19.2 Å². The molecule has 8 nitrogen and oxygen atoms in total. The first-order chi connectivity index (χ1) is 15.9. The summed E-state index contributed by atoms with van der Waals surface area (Å²) in [6, 6.07) is 9.19. The molecule has 176 valence electrons. The minimum Gasteiger partial charge on any atom is -0.486 e. The second-order valence-electron chi connectivity index (χ2n) is 7.92. The van der Waals surface area contributed by atoms with Gasteiger partial charge in [-0.3, -0.25) is 9.10 Å². The fraction of sp³-hybridized carbons (Fsp3) is 0.391. The zero-order valence-electron chi connectivity index (χ0n) is 18.1. The molecule has 0 unspecified atom stereocenters. The number of hydrogen-bond acceptors (Lipinski definition) is 6. The topological polar surface area (TPSA) is 97.3 Å². The van der Waals surface area contributed by atoms with Gasteiger partial charge in [0.25, 0.3) is 15.9 Å². The van der Waals surface area contributed by atoms with Crippen molar-refractivity contribution in [2.24, 2.45) is 5.10 Å². The van der Waals surface area contributed by atoms with Crippen LogP contribution in [0.5, 0.6) is 11.5 Å². The number of nitrogens with zero attached hydrogens (tertiary/aromatic N) is 2. The van der Waals surface area contributed by atoms with Gasteiger partial charge in [-0.25, -0.2) is 18.2 Å². The van der Waals surface area contributed by atoms with Gasteiger partial charge >= 0.3 is 0 Å². The van der Waals surface area contributed by atoms with Crippen LogP contribution in [0.2, 0.25) is 0 Å². The number of fused-ring (bicyclic) bond motifs is 1. The number of ether oxygens (including phenoxy) is 2. The molecule has 4 rings (SSSR count). The fourth-order valence-corrected chi connectivity index (χ4v) is 5.23. The Morgan fingerprint density at radius 3 is 2.33 bits per heavy atom. The maximum absolute atomic E-state index is 13.5. The number of carbonyl (C=O) groups excluding carboxylic acids is 1. The first-order valence-electron chi connectivity index (χ1n) is 11.0. The number of halogens is 1. The number of rotatable bonds is 6. The van der Waals surface area contributed by atoms with Crippen molar-refractivity contribution in [1.82, 2.24) is 5.43 Å². The van der Waals surface area contributed by atoms with Gasteiger partial charge in [-0.2, -0.15) is 5.10 Å². The highest BCUT2D eigenvalue weighted by molar-refractivity contribution is 7.92. The summed E-state index contributed by atoms with van der Waals surface area (Å²) in [4.78, 5) is 12.6. The molecule has 33 heavy (non-hydrogen) atoms. The van der Waals surface area contributed by atoms with E-state index in [0.29, 0.717) is 24.7 Å². The number of amides is 1. The lowest BCUT2D eigenvalue weighted by molar-refractivity contribution is -0.119. The van der Waals surface area contributed by atoms with Crippen LogP contribution in [0, 0.1) is 5.82 Å². The molecular formula is C23H26FN3O5S. The van der Waals surface area contributed by atoms with Crippen LogP contribution in [-0.4, -0.2) is 39.8 Å². The van der Waals surface area contributed by atoms with E-state index in [1.54, 1.807) is 0 Å². The van der Waals surface area contributed by atoms with Gasteiger partial charge in [-0.05, 0) is 62.1 Å². The Labute approximate surface area is 192 Å². The van der Waals surface area contributed by atoms with Crippen LogP contribution in [-0.2, 0) is 14.8 Å². The van der Waals surface area contributed by atoms with Crippen LogP contribution in [0.3, 0.4) is 0 Å². The highest BCUT2D eigenvalue weighted by atomic mass is 32.2. The molecule has 2 aromatic carbocycles. The van der Waals surface area contributed by atoms with Crippen molar-refractivity contribution in [3.63, 3.8) is 0 Å². The van der Waals surface area contributed by atoms with Crippen molar-refractivity contribution in [3.05, 3.63) is 48.3 Å². The van der Waals surface area contributed by atoms with Crippen LogP contribution in [0.25, 0.3) is 0 Å². The lowest BCUT2D eigenvalue weighted by atomic mass is 10.2. The number of benzene rings is 2. The summed E-state index contributed by atoms with van der Waals surface area (Å²) in [5, 5.41) is 4.22. The van der Waals surface area contributed by atoms with Crippen LogP contribution in [0.1, 0.15) is 38.5 Å². The first-order valence-corrected chi connectivity index (χ1v) is 12.4. The number of carbonyl (C=O) groups is 1. The lowest BCUT2D eigenvalue weighted by Gasteiger charge is -2.25.